The van der Waals surface area contributed by atoms with Crippen LogP contribution in [0.3, 0.4) is 0 Å². The number of rotatable bonds is 4. The van der Waals surface area contributed by atoms with Crippen molar-refractivity contribution in [2.45, 2.75) is 33.2 Å². The monoisotopic (exact) mass is 295 g/mol. The zero-order valence-corrected chi connectivity index (χ0v) is 12.7. The van der Waals surface area contributed by atoms with Crippen molar-refractivity contribution >= 4 is 27.8 Å². The van der Waals surface area contributed by atoms with Gasteiger partial charge in [0.15, 0.2) is 0 Å². The Morgan fingerprint density at radius 3 is 2.56 bits per heavy atom. The number of sulfonamides is 1. The smallest absolute Gasteiger partial charge is 0.305 e. The summed E-state index contributed by atoms with van der Waals surface area (Å²) >= 11 is 1.61. The van der Waals surface area contributed by atoms with Crippen LogP contribution in [0.15, 0.2) is 0 Å². The van der Waals surface area contributed by atoms with E-state index in [0.717, 1.165) is 5.75 Å². The molecule has 1 saturated heterocycles. The molecule has 0 bridgehead atoms. The van der Waals surface area contributed by atoms with Gasteiger partial charge in [-0.3, -0.25) is 4.79 Å². The maximum atomic E-state index is 12.3. The van der Waals surface area contributed by atoms with Crippen LogP contribution in [-0.4, -0.2) is 53.6 Å². The molecule has 18 heavy (non-hydrogen) atoms. The summed E-state index contributed by atoms with van der Waals surface area (Å²) in [5.74, 6) is 0.411. The van der Waals surface area contributed by atoms with Crippen LogP contribution in [0.2, 0.25) is 0 Å². The highest BCUT2D eigenvalue weighted by molar-refractivity contribution is 7.99. The average molecular weight is 295 g/mol. The third-order valence-corrected chi connectivity index (χ3v) is 6.07. The first kappa shape index (κ1) is 15.8. The molecular weight excluding hydrogens is 274 g/mol. The van der Waals surface area contributed by atoms with Crippen molar-refractivity contribution in [1.82, 2.24) is 4.31 Å². The number of carbonyl (C=O) groups is 1. The van der Waals surface area contributed by atoms with E-state index in [2.05, 4.69) is 0 Å². The Balaban J connectivity index is 2.85. The Morgan fingerprint density at radius 1 is 1.44 bits per heavy atom. The quantitative estimate of drug-likeness (QED) is 0.845. The van der Waals surface area contributed by atoms with Crippen LogP contribution >= 0.6 is 11.8 Å². The minimum atomic E-state index is -3.38. The number of hydrogen-bond acceptors (Lipinski definition) is 4. The first-order valence-electron chi connectivity index (χ1n) is 5.91. The SMILES string of the molecule is CC(C)(C)CS(=O)(=O)N1CCSCC1CC(=O)O. The Morgan fingerprint density at radius 2 is 2.06 bits per heavy atom. The molecule has 1 unspecified atom stereocenters. The van der Waals surface area contributed by atoms with Gasteiger partial charge in [-0.05, 0) is 5.41 Å². The van der Waals surface area contributed by atoms with Gasteiger partial charge >= 0.3 is 5.97 Å². The summed E-state index contributed by atoms with van der Waals surface area (Å²) in [6, 6.07) is -0.409. The highest BCUT2D eigenvalue weighted by atomic mass is 32.2. The minimum absolute atomic E-state index is 0.0563. The summed E-state index contributed by atoms with van der Waals surface area (Å²) in [5, 5.41) is 8.85. The van der Waals surface area contributed by atoms with Crippen molar-refractivity contribution in [3.05, 3.63) is 0 Å². The second-order valence-corrected chi connectivity index (χ2v) is 8.83. The molecule has 1 fully saturated rings. The number of carboxylic acid groups (broad SMARTS) is 1. The second-order valence-electron chi connectivity index (χ2n) is 5.75. The largest absolute Gasteiger partial charge is 0.481 e. The summed E-state index contributed by atoms with van der Waals surface area (Å²) in [4.78, 5) is 10.8. The Labute approximate surface area is 113 Å². The van der Waals surface area contributed by atoms with Crippen LogP contribution in [0.4, 0.5) is 0 Å². The van der Waals surface area contributed by atoms with Crippen LogP contribution in [0, 0.1) is 5.41 Å². The van der Waals surface area contributed by atoms with Crippen LogP contribution in [0.5, 0.6) is 0 Å². The lowest BCUT2D eigenvalue weighted by Crippen LogP contribution is -2.49. The highest BCUT2D eigenvalue weighted by Crippen LogP contribution is 2.26. The van der Waals surface area contributed by atoms with E-state index in [1.165, 1.54) is 4.31 Å². The fourth-order valence-electron chi connectivity index (χ4n) is 2.00. The molecule has 106 valence electrons. The standard InChI is InChI=1S/C11H21NO4S2/c1-11(2,3)8-18(15,16)12-4-5-17-7-9(12)6-10(13)14/h9H,4-8H2,1-3H3,(H,13,14). The van der Waals surface area contributed by atoms with Gasteiger partial charge in [0.25, 0.3) is 0 Å². The van der Waals surface area contributed by atoms with Gasteiger partial charge in [-0.2, -0.15) is 16.1 Å². The van der Waals surface area contributed by atoms with Crippen molar-refractivity contribution in [3.63, 3.8) is 0 Å². The first-order valence-corrected chi connectivity index (χ1v) is 8.67. The minimum Gasteiger partial charge on any atom is -0.481 e. The Bertz CT molecular complexity index is 400. The third-order valence-electron chi connectivity index (χ3n) is 2.56. The summed E-state index contributed by atoms with van der Waals surface area (Å²) < 4.78 is 26.0. The average Bonchev–Trinajstić information content (AvgIpc) is 2.13. The summed E-state index contributed by atoms with van der Waals surface area (Å²) in [6.07, 6.45) is -0.115. The molecule has 1 atom stereocenters. The van der Waals surface area contributed by atoms with Gasteiger partial charge in [0.2, 0.25) is 10.0 Å². The van der Waals surface area contributed by atoms with Gasteiger partial charge in [0.05, 0.1) is 12.2 Å². The van der Waals surface area contributed by atoms with Gasteiger partial charge in [-0.25, -0.2) is 8.42 Å². The van der Waals surface area contributed by atoms with Crippen molar-refractivity contribution in [1.29, 1.82) is 0 Å². The molecule has 0 aromatic carbocycles. The number of aliphatic carboxylic acids is 1. The molecule has 1 rings (SSSR count). The zero-order chi connectivity index (χ0) is 14.0. The Kier molecular flexibility index (Phi) is 5.08. The molecule has 0 saturated carbocycles. The number of carboxylic acids is 1. The summed E-state index contributed by atoms with van der Waals surface area (Å²) in [6.45, 7) is 6.03. The van der Waals surface area contributed by atoms with Crippen molar-refractivity contribution < 1.29 is 18.3 Å². The van der Waals surface area contributed by atoms with Gasteiger partial charge in [-0.1, -0.05) is 20.8 Å². The fourth-order valence-corrected chi connectivity index (χ4v) is 5.50. The second kappa shape index (κ2) is 5.79. The third kappa shape index (κ3) is 4.78. The molecule has 7 heteroatoms. The van der Waals surface area contributed by atoms with Crippen molar-refractivity contribution in [2.24, 2.45) is 5.41 Å². The molecule has 0 spiro atoms. The Hall–Kier alpha value is -0.270. The molecule has 1 heterocycles. The van der Waals surface area contributed by atoms with Crippen LogP contribution in [0.25, 0.3) is 0 Å². The first-order chi connectivity index (χ1) is 8.12. The molecule has 0 aliphatic carbocycles. The van der Waals surface area contributed by atoms with Gasteiger partial charge in [0, 0.05) is 24.1 Å². The summed E-state index contributed by atoms with van der Waals surface area (Å²) in [5.41, 5.74) is -0.322. The van der Waals surface area contributed by atoms with Crippen molar-refractivity contribution in [2.75, 3.05) is 23.8 Å². The van der Waals surface area contributed by atoms with E-state index in [0.29, 0.717) is 12.3 Å². The van der Waals surface area contributed by atoms with Gasteiger partial charge in [0.1, 0.15) is 0 Å². The van der Waals surface area contributed by atoms with Gasteiger partial charge in [-0.15, -0.1) is 0 Å². The van der Waals surface area contributed by atoms with E-state index < -0.39 is 22.0 Å². The van der Waals surface area contributed by atoms with E-state index in [1.54, 1.807) is 11.8 Å². The van der Waals surface area contributed by atoms with Crippen LogP contribution in [0.1, 0.15) is 27.2 Å². The molecule has 1 N–H and O–H groups in total. The maximum Gasteiger partial charge on any atom is 0.305 e. The topological polar surface area (TPSA) is 74.7 Å². The molecule has 5 nitrogen and oxygen atoms in total. The lowest BCUT2D eigenvalue weighted by atomic mass is 10.0. The van der Waals surface area contributed by atoms with Crippen molar-refractivity contribution in [3.8, 4) is 0 Å². The number of nitrogens with zero attached hydrogens (tertiary/aromatic N) is 1. The molecule has 0 radical (unpaired) electrons. The normalized spacial score (nSPS) is 22.9. The predicted molar refractivity (Wildman–Crippen MR) is 73.3 cm³/mol. The molecule has 0 amide bonds. The fraction of sp³-hybridized carbons (Fsp3) is 0.909. The zero-order valence-electron chi connectivity index (χ0n) is 11.0. The molecule has 0 aromatic heterocycles. The van der Waals surface area contributed by atoms with E-state index in [-0.39, 0.29) is 17.6 Å². The number of hydrogen-bond donors (Lipinski definition) is 1. The lowest BCUT2D eigenvalue weighted by molar-refractivity contribution is -0.137. The summed E-state index contributed by atoms with van der Waals surface area (Å²) in [7, 11) is -3.38. The molecule has 1 aliphatic rings. The molecule has 1 aliphatic heterocycles. The van der Waals surface area contributed by atoms with E-state index in [4.69, 9.17) is 5.11 Å². The highest BCUT2D eigenvalue weighted by Gasteiger charge is 2.36. The van der Waals surface area contributed by atoms with E-state index in [9.17, 15) is 13.2 Å². The molecule has 0 aromatic rings. The van der Waals surface area contributed by atoms with Crippen LogP contribution in [-0.2, 0) is 14.8 Å². The van der Waals surface area contributed by atoms with E-state index in [1.807, 2.05) is 20.8 Å². The maximum absolute atomic E-state index is 12.3. The van der Waals surface area contributed by atoms with Crippen LogP contribution < -0.4 is 0 Å². The predicted octanol–water partition coefficient (Wildman–Crippen LogP) is 1.25. The lowest BCUT2D eigenvalue weighted by Gasteiger charge is -2.35. The van der Waals surface area contributed by atoms with E-state index >= 15 is 0 Å². The number of thioether (sulfide) groups is 1. The molecular formula is C11H21NO4S2. The van der Waals surface area contributed by atoms with Gasteiger partial charge < -0.3 is 5.11 Å².